The number of hydrogen-bond acceptors (Lipinski definition) is 5. The van der Waals surface area contributed by atoms with E-state index in [1.165, 1.54) is 0 Å². The van der Waals surface area contributed by atoms with E-state index in [-0.39, 0.29) is 0 Å². The van der Waals surface area contributed by atoms with Crippen LogP contribution in [0.3, 0.4) is 0 Å². The van der Waals surface area contributed by atoms with Gasteiger partial charge in [0.05, 0.1) is 33.8 Å². The Morgan fingerprint density at radius 3 is 1.64 bits per heavy atom. The van der Waals surface area contributed by atoms with Crippen molar-refractivity contribution in [3.63, 3.8) is 0 Å². The Labute approximate surface area is 163 Å². The van der Waals surface area contributed by atoms with Gasteiger partial charge in [0, 0.05) is 11.5 Å². The topological polar surface area (TPSA) is 67.0 Å². The molecule has 6 heteroatoms. The molecule has 2 aromatic carbocycles. The fourth-order valence-corrected chi connectivity index (χ4v) is 3.80. The Morgan fingerprint density at radius 2 is 1.11 bits per heavy atom. The van der Waals surface area contributed by atoms with Gasteiger partial charge in [-0.3, -0.25) is 5.73 Å². The number of anilines is 1. The van der Waals surface area contributed by atoms with Crippen LogP contribution in [0.1, 0.15) is 5.69 Å². The van der Waals surface area contributed by atoms with Gasteiger partial charge in [0.25, 0.3) is 5.82 Å². The van der Waals surface area contributed by atoms with Crippen molar-refractivity contribution in [1.29, 1.82) is 0 Å². The quantitative estimate of drug-likeness (QED) is 0.333. The fraction of sp³-hybridized carbons (Fsp3) is 0.227. The molecule has 144 valence electrons. The van der Waals surface area contributed by atoms with Crippen molar-refractivity contribution in [2.24, 2.45) is 0 Å². The van der Waals surface area contributed by atoms with Gasteiger partial charge in [0.1, 0.15) is 11.2 Å². The van der Waals surface area contributed by atoms with Crippen LogP contribution in [0, 0.1) is 6.92 Å². The van der Waals surface area contributed by atoms with Gasteiger partial charge in [-0.2, -0.15) is 4.40 Å². The van der Waals surface area contributed by atoms with Crippen molar-refractivity contribution in [3.05, 3.63) is 42.1 Å². The molecule has 0 fully saturated rings. The predicted molar refractivity (Wildman–Crippen MR) is 110 cm³/mol. The highest BCUT2D eigenvalue weighted by Crippen LogP contribution is 2.37. The average molecular weight is 379 g/mol. The van der Waals surface area contributed by atoms with Crippen molar-refractivity contribution in [1.82, 2.24) is 0 Å². The molecule has 0 unspecified atom stereocenters. The maximum Gasteiger partial charge on any atom is 0.285 e. The Kier molecular flexibility index (Phi) is 4.26. The molecule has 0 saturated heterocycles. The molecule has 0 aliphatic carbocycles. The lowest BCUT2D eigenvalue weighted by molar-refractivity contribution is -0.501. The number of ether oxygens (including phenoxy) is 4. The number of pyridine rings is 2. The minimum atomic E-state index is 0.641. The summed E-state index contributed by atoms with van der Waals surface area (Å²) in [6.45, 7) is 2.03. The summed E-state index contributed by atoms with van der Waals surface area (Å²) in [6.07, 6.45) is 0. The maximum absolute atomic E-state index is 6.60. The first-order chi connectivity index (χ1) is 13.5. The minimum Gasteiger partial charge on any atom is -0.493 e. The van der Waals surface area contributed by atoms with Crippen molar-refractivity contribution in [3.8, 4) is 23.0 Å². The van der Waals surface area contributed by atoms with Crippen LogP contribution in [0.25, 0.3) is 27.1 Å². The van der Waals surface area contributed by atoms with E-state index in [4.69, 9.17) is 24.7 Å². The van der Waals surface area contributed by atoms with E-state index in [2.05, 4.69) is 12.1 Å². The number of nitrogen functional groups attached to an aromatic ring is 1. The molecule has 0 bridgehead atoms. The maximum atomic E-state index is 6.60. The second kappa shape index (κ2) is 6.64. The number of methoxy groups -OCH3 is 4. The molecule has 0 radical (unpaired) electrons. The summed E-state index contributed by atoms with van der Waals surface area (Å²) < 4.78 is 23.9. The largest absolute Gasteiger partial charge is 0.493 e. The summed E-state index contributed by atoms with van der Waals surface area (Å²) in [6, 6.07) is 12.0. The van der Waals surface area contributed by atoms with Crippen molar-refractivity contribution in [2.75, 3.05) is 34.2 Å². The lowest BCUT2D eigenvalue weighted by atomic mass is 10.0. The summed E-state index contributed by atoms with van der Waals surface area (Å²) in [5.74, 6) is 3.31. The Balaban J connectivity index is 2.19. The van der Waals surface area contributed by atoms with Crippen LogP contribution >= 0.6 is 0 Å². The molecular formula is C22H23N2O4+. The molecule has 28 heavy (non-hydrogen) atoms. The van der Waals surface area contributed by atoms with E-state index in [9.17, 15) is 0 Å². The first-order valence-corrected chi connectivity index (χ1v) is 8.87. The van der Waals surface area contributed by atoms with Crippen LogP contribution < -0.4 is 29.1 Å². The number of rotatable bonds is 4. The van der Waals surface area contributed by atoms with Crippen LogP contribution in [-0.4, -0.2) is 28.4 Å². The normalized spacial score (nSPS) is 11.2. The van der Waals surface area contributed by atoms with Crippen LogP contribution in [0.5, 0.6) is 23.0 Å². The van der Waals surface area contributed by atoms with Crippen LogP contribution in [0.15, 0.2) is 36.4 Å². The predicted octanol–water partition coefficient (Wildman–Crippen LogP) is 3.66. The van der Waals surface area contributed by atoms with E-state index >= 15 is 0 Å². The molecule has 0 atom stereocenters. The molecule has 4 rings (SSSR count). The lowest BCUT2D eigenvalue weighted by Gasteiger charge is -2.14. The van der Waals surface area contributed by atoms with Crippen molar-refractivity contribution in [2.45, 2.75) is 6.92 Å². The van der Waals surface area contributed by atoms with Gasteiger partial charge in [0.15, 0.2) is 23.0 Å². The highest BCUT2D eigenvalue weighted by Gasteiger charge is 2.20. The zero-order valence-electron chi connectivity index (χ0n) is 16.6. The smallest absolute Gasteiger partial charge is 0.285 e. The van der Waals surface area contributed by atoms with E-state index < -0.39 is 0 Å². The van der Waals surface area contributed by atoms with Gasteiger partial charge in [-0.05, 0) is 48.0 Å². The fourth-order valence-electron chi connectivity index (χ4n) is 3.80. The highest BCUT2D eigenvalue weighted by atomic mass is 16.5. The summed E-state index contributed by atoms with van der Waals surface area (Å²) in [4.78, 5) is 0. The zero-order valence-corrected chi connectivity index (χ0v) is 16.6. The number of fused-ring (bicyclic) bond motifs is 4. The van der Waals surface area contributed by atoms with Crippen molar-refractivity contribution >= 4 is 32.9 Å². The Bertz CT molecular complexity index is 1230. The first-order valence-electron chi connectivity index (χ1n) is 8.87. The third kappa shape index (κ3) is 2.52. The van der Waals surface area contributed by atoms with E-state index in [1.54, 1.807) is 28.4 Å². The average Bonchev–Trinajstić information content (AvgIpc) is 2.71. The molecule has 0 aliphatic heterocycles. The van der Waals surface area contributed by atoms with E-state index in [0.29, 0.717) is 28.8 Å². The molecule has 2 N–H and O–H groups in total. The molecule has 4 aromatic rings. The second-order valence-electron chi connectivity index (χ2n) is 6.62. The van der Waals surface area contributed by atoms with Gasteiger partial charge in [-0.15, -0.1) is 0 Å². The van der Waals surface area contributed by atoms with Crippen molar-refractivity contribution < 1.29 is 23.3 Å². The van der Waals surface area contributed by atoms with Gasteiger partial charge in [-0.1, -0.05) is 0 Å². The van der Waals surface area contributed by atoms with E-state index in [1.807, 2.05) is 35.6 Å². The molecule has 6 nitrogen and oxygen atoms in total. The Hall–Kier alpha value is -3.41. The van der Waals surface area contributed by atoms with Crippen LogP contribution in [0.2, 0.25) is 0 Å². The van der Waals surface area contributed by atoms with E-state index in [0.717, 1.165) is 32.8 Å². The second-order valence-corrected chi connectivity index (χ2v) is 6.62. The SMILES string of the molecule is COc1cc2cc3c4cc(OC)c(OC)cc4cc(C)[n+]3c(N)c2cc1OC. The zero-order chi connectivity index (χ0) is 20.0. The first kappa shape index (κ1) is 18.0. The molecule has 2 heterocycles. The molecule has 0 amide bonds. The minimum absolute atomic E-state index is 0.641. The summed E-state index contributed by atoms with van der Waals surface area (Å²) in [7, 11) is 6.51. The van der Waals surface area contributed by atoms with Crippen LogP contribution in [0.4, 0.5) is 5.82 Å². The number of hydrogen-bond donors (Lipinski definition) is 1. The number of aryl methyl sites for hydroxylation is 1. The third-order valence-electron chi connectivity index (χ3n) is 5.15. The number of nitrogens with zero attached hydrogens (tertiary/aromatic N) is 1. The Morgan fingerprint density at radius 1 is 0.643 bits per heavy atom. The molecule has 0 spiro atoms. The number of nitrogens with two attached hydrogens (primary N) is 1. The highest BCUT2D eigenvalue weighted by molar-refractivity contribution is 6.02. The van der Waals surface area contributed by atoms with Gasteiger partial charge in [-0.25, -0.2) is 0 Å². The lowest BCUT2D eigenvalue weighted by Crippen LogP contribution is -2.30. The summed E-state index contributed by atoms with van der Waals surface area (Å²) in [5, 5.41) is 3.94. The monoisotopic (exact) mass is 379 g/mol. The molecular weight excluding hydrogens is 356 g/mol. The number of benzene rings is 2. The molecule has 0 aliphatic rings. The van der Waals surface area contributed by atoms with Gasteiger partial charge < -0.3 is 18.9 Å². The van der Waals surface area contributed by atoms with Gasteiger partial charge in [0.2, 0.25) is 0 Å². The van der Waals surface area contributed by atoms with Gasteiger partial charge >= 0.3 is 0 Å². The number of aromatic nitrogens is 1. The molecule has 2 aromatic heterocycles. The summed E-state index contributed by atoms with van der Waals surface area (Å²) >= 11 is 0. The third-order valence-corrected chi connectivity index (χ3v) is 5.15. The standard InChI is InChI=1S/C22H22N2O4/c1-12-6-13-8-18(25-2)20(27-4)10-15(13)17-7-14-9-19(26-3)21(28-5)11-16(14)22(23)24(12)17/h6-11,23H,1-5H3/p+1. The van der Waals surface area contributed by atoms with Crippen LogP contribution in [-0.2, 0) is 0 Å². The molecule has 0 saturated carbocycles. The summed E-state index contributed by atoms with van der Waals surface area (Å²) in [5.41, 5.74) is 8.60.